The lowest BCUT2D eigenvalue weighted by Gasteiger charge is -2.21. The number of hydrogen-bond acceptors (Lipinski definition) is 14. The van der Waals surface area contributed by atoms with E-state index in [2.05, 4.69) is 142 Å². The summed E-state index contributed by atoms with van der Waals surface area (Å²) in [4.78, 5) is 58.5. The molecule has 0 aliphatic carbocycles. The highest BCUT2D eigenvalue weighted by atomic mass is 31.2. The standard InChI is InChI=1S/C77H132O16P2/c1-4-7-10-13-16-19-22-25-27-29-31-33-35-37-39-41-43-46-48-51-54-57-60-63-75(80)87-66-72(78)67-89-94(83,84)90-68-73(79)69-91-95(85,86)92-71-74(93-77(82)65-62-59-56-53-50-45-24-21-18-15-12-9-6-3)70-88-76(81)64-61-58-55-52-49-47-44-42-40-38-36-34-32-30-28-26-23-20-17-14-11-8-5-2/h7-8,10-11,16-17,19-20,25-28,31-34,37-40,72-74,78-79H,4-6,9,12-15,18,21-24,29-30,35-36,41-71H2,1-3H3,(H,83,84)(H,85,86)/b10-7-,11-8-,19-16-,20-17-,27-25-,28-26-,33-31-,34-32-,39-37-,40-38-. The molecule has 0 aliphatic heterocycles. The van der Waals surface area contributed by atoms with E-state index in [1.807, 2.05) is 0 Å². The minimum atomic E-state index is -4.93. The second kappa shape index (κ2) is 69.8. The summed E-state index contributed by atoms with van der Waals surface area (Å²) in [5.41, 5.74) is 0. The Morgan fingerprint density at radius 1 is 0.305 bits per heavy atom. The van der Waals surface area contributed by atoms with Crippen LogP contribution in [0.1, 0.15) is 290 Å². The molecule has 0 aromatic heterocycles. The molecule has 0 saturated carbocycles. The van der Waals surface area contributed by atoms with E-state index in [0.29, 0.717) is 19.3 Å². The number of carbonyl (C=O) groups excluding carboxylic acids is 3. The van der Waals surface area contributed by atoms with Crippen LogP contribution in [-0.2, 0) is 55.8 Å². The van der Waals surface area contributed by atoms with Crippen molar-refractivity contribution in [3.63, 3.8) is 0 Å². The summed E-state index contributed by atoms with van der Waals surface area (Å²) in [6.45, 7) is 2.43. The topological polar surface area (TPSA) is 231 Å². The summed E-state index contributed by atoms with van der Waals surface area (Å²) in [5.74, 6) is -1.59. The summed E-state index contributed by atoms with van der Waals surface area (Å²) >= 11 is 0. The molecule has 0 aromatic carbocycles. The predicted octanol–water partition coefficient (Wildman–Crippen LogP) is 21.0. The molecule has 95 heavy (non-hydrogen) atoms. The Labute approximate surface area is 576 Å². The van der Waals surface area contributed by atoms with Gasteiger partial charge in [0.1, 0.15) is 25.4 Å². The molecule has 0 spiro atoms. The Hall–Kier alpha value is -4.05. The fourth-order valence-electron chi connectivity index (χ4n) is 9.62. The van der Waals surface area contributed by atoms with Crippen molar-refractivity contribution in [2.24, 2.45) is 0 Å². The van der Waals surface area contributed by atoms with Gasteiger partial charge in [0.15, 0.2) is 6.10 Å². The fourth-order valence-corrected chi connectivity index (χ4v) is 11.2. The summed E-state index contributed by atoms with van der Waals surface area (Å²) in [7, 11) is -9.79. The number of hydrogen-bond donors (Lipinski definition) is 4. The van der Waals surface area contributed by atoms with Crippen molar-refractivity contribution in [3.05, 3.63) is 122 Å². The maximum atomic E-state index is 12.9. The van der Waals surface area contributed by atoms with Crippen LogP contribution in [0, 0.1) is 0 Å². The molecule has 16 nitrogen and oxygen atoms in total. The molecule has 0 heterocycles. The minimum absolute atomic E-state index is 0.103. The van der Waals surface area contributed by atoms with E-state index in [-0.39, 0.29) is 19.3 Å². The first-order valence-corrected chi connectivity index (χ1v) is 39.8. The van der Waals surface area contributed by atoms with Gasteiger partial charge in [0.2, 0.25) is 0 Å². The Bertz CT molecular complexity index is 2210. The number of aliphatic hydroxyl groups excluding tert-OH is 2. The van der Waals surface area contributed by atoms with Crippen molar-refractivity contribution in [1.29, 1.82) is 0 Å². The second-order valence-corrected chi connectivity index (χ2v) is 27.2. The van der Waals surface area contributed by atoms with Gasteiger partial charge >= 0.3 is 33.6 Å². The third-order valence-electron chi connectivity index (χ3n) is 15.2. The van der Waals surface area contributed by atoms with Crippen molar-refractivity contribution < 1.29 is 75.8 Å². The number of rotatable bonds is 69. The third-order valence-corrected chi connectivity index (χ3v) is 17.1. The molecule has 0 bridgehead atoms. The highest BCUT2D eigenvalue weighted by Gasteiger charge is 2.29. The van der Waals surface area contributed by atoms with Crippen molar-refractivity contribution >= 4 is 33.6 Å². The molecule has 0 fully saturated rings. The molecule has 0 aliphatic rings. The molecule has 5 unspecified atom stereocenters. The van der Waals surface area contributed by atoms with Gasteiger partial charge in [-0.25, -0.2) is 9.13 Å². The molecular formula is C77H132O16P2. The lowest BCUT2D eigenvalue weighted by atomic mass is 10.0. The van der Waals surface area contributed by atoms with Gasteiger partial charge in [-0.3, -0.25) is 32.5 Å². The Kier molecular flexibility index (Phi) is 66.9. The number of phosphoric ester groups is 2. The number of carbonyl (C=O) groups is 3. The summed E-state index contributed by atoms with van der Waals surface area (Å²) in [5, 5.41) is 20.6. The van der Waals surface area contributed by atoms with E-state index in [4.69, 9.17) is 32.3 Å². The lowest BCUT2D eigenvalue weighted by molar-refractivity contribution is -0.161. The molecule has 0 radical (unpaired) electrons. The fraction of sp³-hybridized carbons (Fsp3) is 0.701. The largest absolute Gasteiger partial charge is 0.472 e. The average Bonchev–Trinajstić information content (AvgIpc) is 1.91. The van der Waals surface area contributed by atoms with Crippen LogP contribution < -0.4 is 0 Å². The summed E-state index contributed by atoms with van der Waals surface area (Å²) in [6.07, 6.45) is 81.0. The van der Waals surface area contributed by atoms with Crippen molar-refractivity contribution in [3.8, 4) is 0 Å². The van der Waals surface area contributed by atoms with Crippen LogP contribution in [0.15, 0.2) is 122 Å². The highest BCUT2D eigenvalue weighted by Crippen LogP contribution is 2.45. The van der Waals surface area contributed by atoms with E-state index >= 15 is 0 Å². The predicted molar refractivity (Wildman–Crippen MR) is 390 cm³/mol. The first kappa shape index (κ1) is 91.0. The smallest absolute Gasteiger partial charge is 0.463 e. The van der Waals surface area contributed by atoms with Crippen LogP contribution in [0.4, 0.5) is 0 Å². The number of phosphoric acid groups is 2. The average molecular weight is 1380 g/mol. The van der Waals surface area contributed by atoms with Crippen LogP contribution in [0.2, 0.25) is 0 Å². The third kappa shape index (κ3) is 71.1. The number of allylic oxidation sites excluding steroid dienone is 20. The van der Waals surface area contributed by atoms with Gasteiger partial charge < -0.3 is 34.2 Å². The summed E-state index contributed by atoms with van der Waals surface area (Å²) in [6, 6.07) is 0. The molecule has 5 atom stereocenters. The van der Waals surface area contributed by atoms with Crippen LogP contribution in [-0.4, -0.2) is 95.9 Å². The van der Waals surface area contributed by atoms with E-state index in [1.54, 1.807) is 0 Å². The molecule has 0 saturated heterocycles. The zero-order valence-corrected chi connectivity index (χ0v) is 61.1. The first-order chi connectivity index (χ1) is 46.2. The van der Waals surface area contributed by atoms with E-state index in [0.717, 1.165) is 180 Å². The number of ether oxygens (including phenoxy) is 3. The van der Waals surface area contributed by atoms with E-state index in [9.17, 15) is 43.5 Å². The van der Waals surface area contributed by atoms with E-state index < -0.39 is 91.5 Å². The van der Waals surface area contributed by atoms with Gasteiger partial charge in [0.25, 0.3) is 0 Å². The summed E-state index contributed by atoms with van der Waals surface area (Å²) < 4.78 is 61.0. The highest BCUT2D eigenvalue weighted by molar-refractivity contribution is 7.47. The zero-order chi connectivity index (χ0) is 69.5. The van der Waals surface area contributed by atoms with Crippen LogP contribution in [0.5, 0.6) is 0 Å². The minimum Gasteiger partial charge on any atom is -0.463 e. The Morgan fingerprint density at radius 3 is 0.884 bits per heavy atom. The molecule has 4 N–H and O–H groups in total. The molecular weight excluding hydrogens is 1240 g/mol. The second-order valence-electron chi connectivity index (χ2n) is 24.3. The lowest BCUT2D eigenvalue weighted by Crippen LogP contribution is -2.30. The molecule has 546 valence electrons. The maximum absolute atomic E-state index is 12.9. The zero-order valence-electron chi connectivity index (χ0n) is 59.3. The van der Waals surface area contributed by atoms with Gasteiger partial charge in [-0.05, 0) is 109 Å². The SMILES string of the molecule is CC/C=C\C/C=C\C/C=C\C/C=C\C/C=C\CCCCCCCCCC(=O)OCC(O)COP(=O)(O)OCC(O)COP(=O)(O)OCC(COC(=O)CCCCCCCCC/C=C\C/C=C\C/C=C\C/C=C\C/C=C\CC)OC(=O)CCCCCCCCCCCCCCC. The maximum Gasteiger partial charge on any atom is 0.472 e. The Morgan fingerprint density at radius 2 is 0.558 bits per heavy atom. The quantitative estimate of drug-likeness (QED) is 0.0146. The van der Waals surface area contributed by atoms with Crippen molar-refractivity contribution in [2.45, 2.75) is 309 Å². The number of esters is 3. The number of aliphatic hydroxyl groups is 2. The van der Waals surface area contributed by atoms with E-state index in [1.165, 1.54) is 51.4 Å². The van der Waals surface area contributed by atoms with Gasteiger partial charge in [-0.1, -0.05) is 284 Å². The van der Waals surface area contributed by atoms with Gasteiger partial charge in [-0.2, -0.15) is 0 Å². The normalized spacial score (nSPS) is 14.8. The van der Waals surface area contributed by atoms with Crippen LogP contribution in [0.25, 0.3) is 0 Å². The van der Waals surface area contributed by atoms with Gasteiger partial charge in [0.05, 0.1) is 26.4 Å². The molecule has 0 aromatic rings. The molecule has 0 amide bonds. The number of unbranched alkanes of at least 4 members (excludes halogenated alkanes) is 26. The van der Waals surface area contributed by atoms with Crippen LogP contribution >= 0.6 is 15.6 Å². The van der Waals surface area contributed by atoms with Crippen LogP contribution in [0.3, 0.4) is 0 Å². The van der Waals surface area contributed by atoms with Gasteiger partial charge in [-0.15, -0.1) is 0 Å². The van der Waals surface area contributed by atoms with Crippen molar-refractivity contribution in [2.75, 3.05) is 39.6 Å². The molecule has 0 rings (SSSR count). The Balaban J connectivity index is 4.61. The monoisotopic (exact) mass is 1370 g/mol. The van der Waals surface area contributed by atoms with Gasteiger partial charge in [0, 0.05) is 19.3 Å². The molecule has 18 heteroatoms. The van der Waals surface area contributed by atoms with Crippen molar-refractivity contribution in [1.82, 2.24) is 0 Å². The first-order valence-electron chi connectivity index (χ1n) is 36.8.